The lowest BCUT2D eigenvalue weighted by Gasteiger charge is -2.59. The Morgan fingerprint density at radius 3 is 2.17 bits per heavy atom. The molecular formula is C21H29NO2. The molecule has 0 spiro atoms. The molecule has 4 bridgehead atoms. The van der Waals surface area contributed by atoms with Crippen LogP contribution in [0.5, 0.6) is 5.75 Å². The van der Waals surface area contributed by atoms with Gasteiger partial charge in [0.25, 0.3) is 0 Å². The summed E-state index contributed by atoms with van der Waals surface area (Å²) in [5.41, 5.74) is 1.43. The quantitative estimate of drug-likeness (QED) is 0.889. The molecule has 4 aliphatic carbocycles. The molecule has 1 aromatic rings. The molecule has 4 saturated carbocycles. The molecule has 0 unspecified atom stereocenters. The molecule has 3 nitrogen and oxygen atoms in total. The fourth-order valence-electron chi connectivity index (χ4n) is 6.08. The van der Waals surface area contributed by atoms with Crippen molar-refractivity contribution in [3.05, 3.63) is 29.8 Å². The van der Waals surface area contributed by atoms with Crippen molar-refractivity contribution in [3.8, 4) is 5.75 Å². The molecule has 24 heavy (non-hydrogen) atoms. The van der Waals surface area contributed by atoms with E-state index >= 15 is 0 Å². The maximum Gasteiger partial charge on any atom is 0.224 e. The second kappa shape index (κ2) is 6.09. The zero-order chi connectivity index (χ0) is 16.7. The van der Waals surface area contributed by atoms with Crippen LogP contribution < -0.4 is 10.1 Å². The predicted molar refractivity (Wildman–Crippen MR) is 94.9 cm³/mol. The molecule has 4 aliphatic rings. The van der Waals surface area contributed by atoms with E-state index in [9.17, 15) is 4.79 Å². The molecular weight excluding hydrogens is 298 g/mol. The largest absolute Gasteiger partial charge is 0.497 e. The van der Waals surface area contributed by atoms with Gasteiger partial charge in [0, 0.05) is 6.04 Å². The van der Waals surface area contributed by atoms with Gasteiger partial charge in [-0.15, -0.1) is 0 Å². The molecule has 5 rings (SSSR count). The van der Waals surface area contributed by atoms with Gasteiger partial charge in [0.1, 0.15) is 5.75 Å². The Morgan fingerprint density at radius 2 is 1.67 bits per heavy atom. The summed E-state index contributed by atoms with van der Waals surface area (Å²) in [6.07, 6.45) is 8.82. The van der Waals surface area contributed by atoms with Gasteiger partial charge in [-0.25, -0.2) is 0 Å². The van der Waals surface area contributed by atoms with Crippen LogP contribution in [0, 0.1) is 23.2 Å². The Kier molecular flexibility index (Phi) is 4.06. The highest BCUT2D eigenvalue weighted by molar-refractivity contribution is 5.79. The highest BCUT2D eigenvalue weighted by atomic mass is 16.5. The lowest BCUT2D eigenvalue weighted by molar-refractivity contribution is -0.125. The molecule has 0 heterocycles. The summed E-state index contributed by atoms with van der Waals surface area (Å²) in [6.45, 7) is 2.25. The maximum absolute atomic E-state index is 12.5. The molecule has 0 aromatic heterocycles. The minimum atomic E-state index is 0.156. The van der Waals surface area contributed by atoms with Gasteiger partial charge in [-0.2, -0.15) is 0 Å². The van der Waals surface area contributed by atoms with E-state index < -0.39 is 0 Å². The SMILES string of the molecule is COc1ccc(CC(=O)N[C@H](C)C23CC4CC(CC(C4)C2)C3)cc1. The summed E-state index contributed by atoms with van der Waals surface area (Å²) < 4.78 is 5.18. The van der Waals surface area contributed by atoms with E-state index in [1.54, 1.807) is 7.11 Å². The minimum Gasteiger partial charge on any atom is -0.497 e. The number of hydrogen-bond acceptors (Lipinski definition) is 2. The Labute approximate surface area is 145 Å². The average Bonchev–Trinajstić information content (AvgIpc) is 2.54. The van der Waals surface area contributed by atoms with Crippen molar-refractivity contribution in [2.24, 2.45) is 23.2 Å². The predicted octanol–water partition coefficient (Wildman–Crippen LogP) is 3.96. The van der Waals surface area contributed by atoms with Crippen LogP contribution in [0.4, 0.5) is 0 Å². The monoisotopic (exact) mass is 327 g/mol. The van der Waals surface area contributed by atoms with Crippen LogP contribution in [0.3, 0.4) is 0 Å². The first-order valence-electron chi connectivity index (χ1n) is 9.48. The Morgan fingerprint density at radius 1 is 1.12 bits per heavy atom. The van der Waals surface area contributed by atoms with Crippen LogP contribution in [0.15, 0.2) is 24.3 Å². The van der Waals surface area contributed by atoms with Crippen molar-refractivity contribution in [1.29, 1.82) is 0 Å². The van der Waals surface area contributed by atoms with E-state index in [-0.39, 0.29) is 5.91 Å². The van der Waals surface area contributed by atoms with Crippen molar-refractivity contribution in [1.82, 2.24) is 5.32 Å². The fourth-order valence-corrected chi connectivity index (χ4v) is 6.08. The lowest BCUT2D eigenvalue weighted by Crippen LogP contribution is -2.56. The van der Waals surface area contributed by atoms with Crippen LogP contribution in [0.1, 0.15) is 51.0 Å². The van der Waals surface area contributed by atoms with Crippen LogP contribution in [-0.4, -0.2) is 19.1 Å². The number of ether oxygens (including phenoxy) is 1. The first-order chi connectivity index (χ1) is 11.6. The zero-order valence-corrected chi connectivity index (χ0v) is 14.9. The number of hydrogen-bond donors (Lipinski definition) is 1. The van der Waals surface area contributed by atoms with Crippen LogP contribution in [0.2, 0.25) is 0 Å². The molecule has 4 fully saturated rings. The summed E-state index contributed by atoms with van der Waals surface area (Å²) in [5.74, 6) is 3.77. The summed E-state index contributed by atoms with van der Waals surface area (Å²) in [6, 6.07) is 8.11. The van der Waals surface area contributed by atoms with Gasteiger partial charge in [-0.1, -0.05) is 12.1 Å². The van der Waals surface area contributed by atoms with E-state index in [2.05, 4.69) is 12.2 Å². The molecule has 0 saturated heterocycles. The molecule has 1 aromatic carbocycles. The van der Waals surface area contributed by atoms with E-state index in [1.165, 1.54) is 38.5 Å². The highest BCUT2D eigenvalue weighted by Gasteiger charge is 2.53. The highest BCUT2D eigenvalue weighted by Crippen LogP contribution is 2.61. The number of amides is 1. The second-order valence-electron chi connectivity index (χ2n) is 8.59. The number of nitrogens with one attached hydrogen (secondary N) is 1. The van der Waals surface area contributed by atoms with Gasteiger partial charge in [-0.05, 0) is 86.3 Å². The Hall–Kier alpha value is -1.51. The maximum atomic E-state index is 12.5. The number of carbonyl (C=O) groups is 1. The summed E-state index contributed by atoms with van der Waals surface area (Å²) in [7, 11) is 1.66. The van der Waals surface area contributed by atoms with E-state index in [4.69, 9.17) is 4.74 Å². The summed E-state index contributed by atoms with van der Waals surface area (Å²) in [4.78, 5) is 12.5. The fraction of sp³-hybridized carbons (Fsp3) is 0.667. The normalized spacial score (nSPS) is 34.8. The molecule has 1 N–H and O–H groups in total. The van der Waals surface area contributed by atoms with Crippen LogP contribution in [0.25, 0.3) is 0 Å². The molecule has 0 radical (unpaired) electrons. The molecule has 1 amide bonds. The number of rotatable bonds is 5. The van der Waals surface area contributed by atoms with Crippen molar-refractivity contribution in [2.45, 2.75) is 57.9 Å². The zero-order valence-electron chi connectivity index (χ0n) is 14.9. The number of carbonyl (C=O) groups excluding carboxylic acids is 1. The van der Waals surface area contributed by atoms with Gasteiger partial charge in [0.2, 0.25) is 5.91 Å². The second-order valence-corrected chi connectivity index (χ2v) is 8.59. The van der Waals surface area contributed by atoms with Gasteiger partial charge >= 0.3 is 0 Å². The van der Waals surface area contributed by atoms with Crippen molar-refractivity contribution < 1.29 is 9.53 Å². The standard InChI is InChI=1S/C21H29NO2/c1-14(21-11-16-7-17(12-21)9-18(8-16)13-21)22-20(23)10-15-3-5-19(24-2)6-4-15/h3-6,14,16-18H,7-13H2,1-2H3,(H,22,23)/t14-,16?,17?,18?,21?/m1/s1. The summed E-state index contributed by atoms with van der Waals surface area (Å²) >= 11 is 0. The first-order valence-corrected chi connectivity index (χ1v) is 9.48. The average molecular weight is 327 g/mol. The van der Waals surface area contributed by atoms with Gasteiger partial charge < -0.3 is 10.1 Å². The molecule has 3 heteroatoms. The van der Waals surface area contributed by atoms with Gasteiger partial charge in [-0.3, -0.25) is 4.79 Å². The third-order valence-corrected chi connectivity index (χ3v) is 6.91. The van der Waals surface area contributed by atoms with Crippen LogP contribution >= 0.6 is 0 Å². The van der Waals surface area contributed by atoms with Crippen molar-refractivity contribution in [3.63, 3.8) is 0 Å². The van der Waals surface area contributed by atoms with E-state index in [0.717, 1.165) is 29.1 Å². The Balaban J connectivity index is 1.38. The molecule has 0 aliphatic heterocycles. The van der Waals surface area contributed by atoms with Crippen molar-refractivity contribution >= 4 is 5.91 Å². The molecule has 1 atom stereocenters. The van der Waals surface area contributed by atoms with E-state index in [1.807, 2.05) is 24.3 Å². The van der Waals surface area contributed by atoms with E-state index in [0.29, 0.717) is 17.9 Å². The lowest BCUT2D eigenvalue weighted by atomic mass is 9.48. The summed E-state index contributed by atoms with van der Waals surface area (Å²) in [5, 5.41) is 3.34. The molecule has 130 valence electrons. The van der Waals surface area contributed by atoms with Crippen LogP contribution in [-0.2, 0) is 11.2 Å². The topological polar surface area (TPSA) is 38.3 Å². The smallest absolute Gasteiger partial charge is 0.224 e. The van der Waals surface area contributed by atoms with Gasteiger partial charge in [0.05, 0.1) is 13.5 Å². The Bertz CT molecular complexity index is 571. The van der Waals surface area contributed by atoms with Gasteiger partial charge in [0.15, 0.2) is 0 Å². The first kappa shape index (κ1) is 16.0. The van der Waals surface area contributed by atoms with Crippen molar-refractivity contribution in [2.75, 3.05) is 7.11 Å². The number of methoxy groups -OCH3 is 1. The number of benzene rings is 1. The third-order valence-electron chi connectivity index (χ3n) is 6.91. The third kappa shape index (κ3) is 2.94. The minimum absolute atomic E-state index is 0.156.